The molecule has 0 spiro atoms. The number of ether oxygens (including phenoxy) is 3. The van der Waals surface area contributed by atoms with E-state index < -0.39 is 22.5 Å². The molecule has 0 aliphatic rings. The smallest absolute Gasteiger partial charge is 0.245 e. The van der Waals surface area contributed by atoms with Crippen LogP contribution in [0.5, 0.6) is 17.2 Å². The number of hydrogen-bond acceptors (Lipinski definition) is 6. The zero-order valence-corrected chi connectivity index (χ0v) is 18.5. The minimum Gasteiger partial charge on any atom is -0.495 e. The molecule has 0 radical (unpaired) electrons. The van der Waals surface area contributed by atoms with Crippen molar-refractivity contribution in [2.75, 3.05) is 43.8 Å². The highest BCUT2D eigenvalue weighted by Gasteiger charge is 2.23. The highest BCUT2D eigenvalue weighted by Crippen LogP contribution is 2.36. The highest BCUT2D eigenvalue weighted by atomic mass is 35.5. The van der Waals surface area contributed by atoms with E-state index in [4.69, 9.17) is 37.4 Å². The number of sulfonamides is 1. The number of amides is 1. The molecule has 0 saturated heterocycles. The summed E-state index contributed by atoms with van der Waals surface area (Å²) in [5.74, 6) is 0.392. The maximum Gasteiger partial charge on any atom is 0.245 e. The highest BCUT2D eigenvalue weighted by molar-refractivity contribution is 7.92. The van der Waals surface area contributed by atoms with Crippen molar-refractivity contribution in [3.8, 4) is 17.2 Å². The fourth-order valence-corrected chi connectivity index (χ4v) is 3.82. The van der Waals surface area contributed by atoms with E-state index in [-0.39, 0.29) is 16.4 Å². The SMILES string of the molecule is COc1ccc(N(CC(=O)Nc2cc(OC)c(Cl)cc2OC)S(C)(=O)=O)cc1Cl. The largest absolute Gasteiger partial charge is 0.495 e. The van der Waals surface area contributed by atoms with Gasteiger partial charge in [0, 0.05) is 12.1 Å². The average Bonchev–Trinajstić information content (AvgIpc) is 2.66. The Morgan fingerprint density at radius 3 is 2.07 bits per heavy atom. The van der Waals surface area contributed by atoms with Gasteiger partial charge in [0.2, 0.25) is 15.9 Å². The summed E-state index contributed by atoms with van der Waals surface area (Å²) in [6.45, 7) is -0.490. The Hall–Kier alpha value is -2.36. The van der Waals surface area contributed by atoms with Crippen molar-refractivity contribution in [1.29, 1.82) is 0 Å². The van der Waals surface area contributed by atoms with E-state index in [0.717, 1.165) is 10.6 Å². The van der Waals surface area contributed by atoms with E-state index in [0.29, 0.717) is 22.3 Å². The van der Waals surface area contributed by atoms with E-state index in [1.165, 1.54) is 51.7 Å². The molecule has 2 rings (SSSR count). The Bertz CT molecular complexity index is 1010. The fraction of sp³-hybridized carbons (Fsp3) is 0.278. The number of rotatable bonds is 8. The van der Waals surface area contributed by atoms with Crippen LogP contribution in [0.2, 0.25) is 10.0 Å². The predicted octanol–water partition coefficient (Wildman–Crippen LogP) is 3.42. The van der Waals surface area contributed by atoms with E-state index >= 15 is 0 Å². The molecular formula is C18H20Cl2N2O6S. The number of methoxy groups -OCH3 is 3. The molecule has 0 aliphatic carbocycles. The molecule has 0 aliphatic heterocycles. The lowest BCUT2D eigenvalue weighted by Crippen LogP contribution is -2.37. The molecule has 2 aromatic carbocycles. The van der Waals surface area contributed by atoms with Crippen molar-refractivity contribution >= 4 is 50.5 Å². The van der Waals surface area contributed by atoms with Crippen LogP contribution in [-0.4, -0.2) is 48.5 Å². The number of carbonyl (C=O) groups excluding carboxylic acids is 1. The van der Waals surface area contributed by atoms with Gasteiger partial charge in [-0.05, 0) is 18.2 Å². The van der Waals surface area contributed by atoms with Crippen LogP contribution in [0.1, 0.15) is 0 Å². The van der Waals surface area contributed by atoms with Gasteiger partial charge in [0.15, 0.2) is 0 Å². The van der Waals surface area contributed by atoms with Crippen LogP contribution in [0.15, 0.2) is 30.3 Å². The summed E-state index contributed by atoms with van der Waals surface area (Å²) in [5.41, 5.74) is 0.495. The Morgan fingerprint density at radius 1 is 0.966 bits per heavy atom. The summed E-state index contributed by atoms with van der Waals surface area (Å²) in [4.78, 5) is 12.6. The summed E-state index contributed by atoms with van der Waals surface area (Å²) in [5, 5.41) is 3.12. The van der Waals surface area contributed by atoms with Crippen LogP contribution >= 0.6 is 23.2 Å². The molecular weight excluding hydrogens is 443 g/mol. The zero-order chi connectivity index (χ0) is 21.8. The van der Waals surface area contributed by atoms with E-state index in [2.05, 4.69) is 5.32 Å². The molecule has 0 fully saturated rings. The Labute approximate surface area is 179 Å². The topological polar surface area (TPSA) is 94.2 Å². The number of nitrogens with one attached hydrogen (secondary N) is 1. The molecule has 0 unspecified atom stereocenters. The van der Waals surface area contributed by atoms with Gasteiger partial charge in [-0.15, -0.1) is 0 Å². The molecule has 2 aromatic rings. The fourth-order valence-electron chi connectivity index (χ4n) is 2.49. The molecule has 8 nitrogen and oxygen atoms in total. The maximum atomic E-state index is 12.6. The number of carbonyl (C=O) groups is 1. The molecule has 0 aromatic heterocycles. The van der Waals surface area contributed by atoms with Gasteiger partial charge in [-0.2, -0.15) is 0 Å². The third kappa shape index (κ3) is 5.59. The monoisotopic (exact) mass is 462 g/mol. The van der Waals surface area contributed by atoms with Crippen LogP contribution in [0.25, 0.3) is 0 Å². The summed E-state index contributed by atoms with van der Waals surface area (Å²) in [6.07, 6.45) is 0.990. The summed E-state index contributed by atoms with van der Waals surface area (Å²) >= 11 is 12.1. The molecule has 158 valence electrons. The molecule has 0 bridgehead atoms. The minimum atomic E-state index is -3.78. The second kappa shape index (κ2) is 9.43. The third-order valence-electron chi connectivity index (χ3n) is 3.86. The molecule has 0 saturated carbocycles. The van der Waals surface area contributed by atoms with Crippen LogP contribution in [0.3, 0.4) is 0 Å². The van der Waals surface area contributed by atoms with Crippen LogP contribution < -0.4 is 23.8 Å². The number of halogens is 2. The van der Waals surface area contributed by atoms with Crippen molar-refractivity contribution in [1.82, 2.24) is 0 Å². The van der Waals surface area contributed by atoms with Gasteiger partial charge < -0.3 is 19.5 Å². The summed E-state index contributed by atoms with van der Waals surface area (Å²) in [7, 11) is 0.501. The van der Waals surface area contributed by atoms with Crippen molar-refractivity contribution in [3.05, 3.63) is 40.4 Å². The normalized spacial score (nSPS) is 11.0. The van der Waals surface area contributed by atoms with Gasteiger partial charge in [0.25, 0.3) is 0 Å². The lowest BCUT2D eigenvalue weighted by Gasteiger charge is -2.23. The zero-order valence-electron chi connectivity index (χ0n) is 16.2. The first-order chi connectivity index (χ1) is 13.6. The van der Waals surface area contributed by atoms with Crippen LogP contribution in [0, 0.1) is 0 Å². The lowest BCUT2D eigenvalue weighted by molar-refractivity contribution is -0.114. The van der Waals surface area contributed by atoms with E-state index in [1.54, 1.807) is 0 Å². The van der Waals surface area contributed by atoms with Gasteiger partial charge in [0.1, 0.15) is 23.8 Å². The van der Waals surface area contributed by atoms with Gasteiger partial charge in [-0.1, -0.05) is 23.2 Å². The van der Waals surface area contributed by atoms with Crippen molar-refractivity contribution in [3.63, 3.8) is 0 Å². The predicted molar refractivity (Wildman–Crippen MR) is 113 cm³/mol. The molecule has 1 N–H and O–H groups in total. The van der Waals surface area contributed by atoms with E-state index in [9.17, 15) is 13.2 Å². The van der Waals surface area contributed by atoms with Crippen molar-refractivity contribution in [2.24, 2.45) is 0 Å². The molecule has 1 amide bonds. The van der Waals surface area contributed by atoms with Crippen LogP contribution in [-0.2, 0) is 14.8 Å². The Kier molecular flexibility index (Phi) is 7.45. The van der Waals surface area contributed by atoms with Gasteiger partial charge in [-0.3, -0.25) is 9.10 Å². The molecule has 0 atom stereocenters. The van der Waals surface area contributed by atoms with Crippen LogP contribution in [0.4, 0.5) is 11.4 Å². The standard InChI is InChI=1S/C18H20Cl2N2O6S/c1-26-15-6-5-11(7-12(15)19)22(29(4,24)25)10-18(23)21-14-9-16(27-2)13(20)8-17(14)28-3/h5-9H,10H2,1-4H3,(H,21,23). The second-order valence-corrected chi connectivity index (χ2v) is 8.54. The quantitative estimate of drug-likeness (QED) is 0.645. The average molecular weight is 463 g/mol. The van der Waals surface area contributed by atoms with Crippen molar-refractivity contribution in [2.45, 2.75) is 0 Å². The molecule has 29 heavy (non-hydrogen) atoms. The first-order valence-corrected chi connectivity index (χ1v) is 10.7. The first-order valence-electron chi connectivity index (χ1n) is 8.13. The molecule has 0 heterocycles. The summed E-state index contributed by atoms with van der Waals surface area (Å²) < 4.78 is 40.9. The third-order valence-corrected chi connectivity index (χ3v) is 5.59. The number of anilines is 2. The Balaban J connectivity index is 2.32. The number of hydrogen-bond donors (Lipinski definition) is 1. The molecule has 11 heteroatoms. The number of nitrogens with zero attached hydrogens (tertiary/aromatic N) is 1. The van der Waals surface area contributed by atoms with Gasteiger partial charge in [-0.25, -0.2) is 8.42 Å². The lowest BCUT2D eigenvalue weighted by atomic mass is 10.2. The van der Waals surface area contributed by atoms with E-state index in [1.807, 2.05) is 0 Å². The van der Waals surface area contributed by atoms with Crippen molar-refractivity contribution < 1.29 is 27.4 Å². The van der Waals surface area contributed by atoms with Gasteiger partial charge in [0.05, 0.1) is 49.0 Å². The second-order valence-electron chi connectivity index (χ2n) is 5.82. The van der Waals surface area contributed by atoms with Gasteiger partial charge >= 0.3 is 0 Å². The minimum absolute atomic E-state index is 0.211. The Morgan fingerprint density at radius 2 is 1.55 bits per heavy atom. The number of benzene rings is 2. The first kappa shape index (κ1) is 22.9. The summed E-state index contributed by atoms with van der Waals surface area (Å²) in [6, 6.07) is 7.37. The maximum absolute atomic E-state index is 12.6.